The number of methoxy groups -OCH3 is 1. The average Bonchev–Trinajstić information content (AvgIpc) is 3.41. The molecular weight excluding hydrogens is 432 g/mol. The Labute approximate surface area is 201 Å². The average molecular weight is 469 g/mol. The first kappa shape index (κ1) is 23.5. The van der Waals surface area contributed by atoms with Crippen molar-refractivity contribution in [2.45, 2.75) is 64.6 Å². The molecule has 0 aromatic rings. The second-order valence-corrected chi connectivity index (χ2v) is 11.5. The second kappa shape index (κ2) is 7.64. The van der Waals surface area contributed by atoms with Crippen LogP contribution in [0.2, 0.25) is 0 Å². The summed E-state index contributed by atoms with van der Waals surface area (Å²) in [6.07, 6.45) is 10.6. The van der Waals surface area contributed by atoms with Crippen LogP contribution in [0.3, 0.4) is 0 Å². The minimum absolute atomic E-state index is 0.125. The summed E-state index contributed by atoms with van der Waals surface area (Å²) < 4.78 is 11.0. The third-order valence-corrected chi connectivity index (χ3v) is 10.1. The zero-order valence-corrected chi connectivity index (χ0v) is 20.6. The van der Waals surface area contributed by atoms with Crippen molar-refractivity contribution in [2.24, 2.45) is 46.3 Å². The van der Waals surface area contributed by atoms with Gasteiger partial charge in [0, 0.05) is 41.1 Å². The van der Waals surface area contributed by atoms with Gasteiger partial charge in [0.25, 0.3) is 0 Å². The van der Waals surface area contributed by atoms with Crippen LogP contribution in [0.1, 0.15) is 52.9 Å². The van der Waals surface area contributed by atoms with Crippen LogP contribution in [0.4, 0.5) is 0 Å². The summed E-state index contributed by atoms with van der Waals surface area (Å²) in [5.74, 6) is -2.02. The summed E-state index contributed by atoms with van der Waals surface area (Å²) in [7, 11) is 1.38. The van der Waals surface area contributed by atoms with E-state index in [9.17, 15) is 19.5 Å². The number of ketones is 1. The lowest BCUT2D eigenvalue weighted by atomic mass is 9.59. The van der Waals surface area contributed by atoms with Crippen LogP contribution in [0, 0.1) is 46.3 Å². The van der Waals surface area contributed by atoms with E-state index in [2.05, 4.69) is 38.7 Å². The maximum atomic E-state index is 14.2. The summed E-state index contributed by atoms with van der Waals surface area (Å²) >= 11 is 0. The molecule has 0 spiro atoms. The number of esters is 2. The van der Waals surface area contributed by atoms with Crippen molar-refractivity contribution in [1.29, 1.82) is 0 Å². The molecule has 4 fully saturated rings. The van der Waals surface area contributed by atoms with Gasteiger partial charge in [0.05, 0.1) is 12.7 Å². The lowest BCUT2D eigenvalue weighted by Gasteiger charge is -2.47. The minimum Gasteiger partial charge on any atom is -0.469 e. The number of hydrogen-bond acceptors (Lipinski definition) is 6. The van der Waals surface area contributed by atoms with Crippen LogP contribution >= 0.6 is 0 Å². The van der Waals surface area contributed by atoms with Gasteiger partial charge in [-0.1, -0.05) is 44.7 Å². The molecule has 0 aromatic heterocycles. The zero-order valence-electron chi connectivity index (χ0n) is 20.6. The normalized spacial score (nSPS) is 48.6. The van der Waals surface area contributed by atoms with E-state index in [1.165, 1.54) is 7.11 Å². The number of fused-ring (bicyclic) bond motifs is 3. The van der Waals surface area contributed by atoms with E-state index in [0.29, 0.717) is 24.8 Å². The van der Waals surface area contributed by atoms with Crippen molar-refractivity contribution >= 4 is 17.7 Å². The number of Topliss-reactive ketones (excluding diaryl/α,β-unsaturated/α-hetero) is 1. The molecule has 6 heteroatoms. The van der Waals surface area contributed by atoms with Crippen LogP contribution < -0.4 is 0 Å². The lowest BCUT2D eigenvalue weighted by molar-refractivity contribution is -0.153. The van der Waals surface area contributed by atoms with Crippen LogP contribution in [0.5, 0.6) is 0 Å². The van der Waals surface area contributed by atoms with Gasteiger partial charge < -0.3 is 14.6 Å². The molecule has 6 nitrogen and oxygen atoms in total. The highest BCUT2D eigenvalue weighted by atomic mass is 16.6. The molecule has 1 heterocycles. The molecule has 2 bridgehead atoms. The lowest BCUT2D eigenvalue weighted by Crippen LogP contribution is -2.54. The van der Waals surface area contributed by atoms with Crippen molar-refractivity contribution in [1.82, 2.24) is 0 Å². The Kier molecular flexibility index (Phi) is 5.29. The van der Waals surface area contributed by atoms with Gasteiger partial charge in [-0.05, 0) is 49.9 Å². The number of carbonyl (C=O) groups excluding carboxylic acids is 3. The Balaban J connectivity index is 1.66. The van der Waals surface area contributed by atoms with Crippen molar-refractivity contribution in [3.05, 3.63) is 36.5 Å². The summed E-state index contributed by atoms with van der Waals surface area (Å²) in [5, 5.41) is 12.0. The number of allylic oxidation sites excluding steroid dienone is 3. The van der Waals surface area contributed by atoms with Crippen LogP contribution in [-0.2, 0) is 23.9 Å². The van der Waals surface area contributed by atoms with Gasteiger partial charge in [-0.2, -0.15) is 0 Å². The Bertz CT molecular complexity index is 1010. The molecule has 5 aliphatic rings. The first-order valence-corrected chi connectivity index (χ1v) is 12.6. The van der Waals surface area contributed by atoms with Crippen LogP contribution in [-0.4, -0.2) is 41.6 Å². The molecule has 1 N–H and O–H groups in total. The molecule has 184 valence electrons. The number of carbonyl (C=O) groups is 3. The Hall–Kier alpha value is -2.21. The van der Waals surface area contributed by atoms with Crippen LogP contribution in [0.15, 0.2) is 36.5 Å². The minimum atomic E-state index is -1.15. The Morgan fingerprint density at radius 1 is 1.29 bits per heavy atom. The Morgan fingerprint density at radius 2 is 2.03 bits per heavy atom. The molecule has 5 rings (SSSR count). The van der Waals surface area contributed by atoms with Crippen molar-refractivity contribution in [3.8, 4) is 0 Å². The van der Waals surface area contributed by atoms with Crippen LogP contribution in [0.25, 0.3) is 0 Å². The summed E-state index contributed by atoms with van der Waals surface area (Å²) in [6.45, 7) is 10.0. The maximum absolute atomic E-state index is 14.2. The summed E-state index contributed by atoms with van der Waals surface area (Å²) in [4.78, 5) is 39.3. The molecule has 0 radical (unpaired) electrons. The van der Waals surface area contributed by atoms with Gasteiger partial charge in [-0.3, -0.25) is 9.59 Å². The predicted octanol–water partition coefficient (Wildman–Crippen LogP) is 3.79. The molecule has 0 amide bonds. The highest BCUT2D eigenvalue weighted by Crippen LogP contribution is 2.78. The fourth-order valence-corrected chi connectivity index (χ4v) is 8.77. The third kappa shape index (κ3) is 2.75. The smallest absolute Gasteiger partial charge is 0.334 e. The van der Waals surface area contributed by atoms with E-state index in [-0.39, 0.29) is 53.7 Å². The molecule has 1 aliphatic heterocycles. The maximum Gasteiger partial charge on any atom is 0.334 e. The highest BCUT2D eigenvalue weighted by Gasteiger charge is 2.81. The molecule has 34 heavy (non-hydrogen) atoms. The van der Waals surface area contributed by atoms with Crippen molar-refractivity contribution in [3.63, 3.8) is 0 Å². The molecule has 0 unspecified atom stereocenters. The fraction of sp³-hybridized carbons (Fsp3) is 0.679. The largest absolute Gasteiger partial charge is 0.469 e. The van der Waals surface area contributed by atoms with Crippen molar-refractivity contribution < 1.29 is 29.0 Å². The zero-order chi connectivity index (χ0) is 24.6. The van der Waals surface area contributed by atoms with Gasteiger partial charge in [0.15, 0.2) is 0 Å². The van der Waals surface area contributed by atoms with Crippen molar-refractivity contribution in [2.75, 3.05) is 7.11 Å². The van der Waals surface area contributed by atoms with Gasteiger partial charge in [0.2, 0.25) is 0 Å². The standard InChI is InChI=1S/C28H36O6/c1-6-7-8-9-17-18(14-19(29)33-5)20-21(22(17)30)28-13-12-26(20,3)24(28)23-16(10-11-27(28,4)32)15(2)25(31)34-23/h7-8,12-13,16-18,20-21,23-24,32H,2,6,9-11,14H2,1,3-5H3/b8-7-/t16-,17-,18+,20-,21-,23-,24-,26+,27+,28-/m0/s1. The van der Waals surface area contributed by atoms with E-state index in [4.69, 9.17) is 9.47 Å². The van der Waals surface area contributed by atoms with Gasteiger partial charge in [-0.25, -0.2) is 4.79 Å². The molecular formula is C28H36O6. The SMILES string of the molecule is C=C1C(=O)O[C@H]2[C@H]1CC[C@@](C)(O)[C@@]13C=C[C@](C)([C@H]4[C@H](CC(=O)OC)[C@H](C/C=C\CC)C(=O)[C@H]41)[C@H]23. The quantitative estimate of drug-likeness (QED) is 0.375. The van der Waals surface area contributed by atoms with Gasteiger partial charge in [0.1, 0.15) is 11.9 Å². The number of ether oxygens (including phenoxy) is 2. The first-order chi connectivity index (χ1) is 16.0. The second-order valence-electron chi connectivity index (χ2n) is 11.5. The van der Waals surface area contributed by atoms with Gasteiger partial charge >= 0.3 is 11.9 Å². The summed E-state index contributed by atoms with van der Waals surface area (Å²) in [6, 6.07) is 0. The van der Waals surface area contributed by atoms with E-state index in [1.807, 2.05) is 13.0 Å². The summed E-state index contributed by atoms with van der Waals surface area (Å²) in [5.41, 5.74) is -2.02. The molecule has 3 saturated carbocycles. The first-order valence-electron chi connectivity index (χ1n) is 12.6. The monoisotopic (exact) mass is 468 g/mol. The molecule has 4 aliphatic carbocycles. The highest BCUT2D eigenvalue weighted by molar-refractivity contribution is 5.92. The predicted molar refractivity (Wildman–Crippen MR) is 125 cm³/mol. The van der Waals surface area contributed by atoms with E-state index in [0.717, 1.165) is 6.42 Å². The Morgan fingerprint density at radius 3 is 2.71 bits per heavy atom. The molecule has 10 atom stereocenters. The third-order valence-electron chi connectivity index (χ3n) is 10.1. The van der Waals surface area contributed by atoms with E-state index in [1.54, 1.807) is 0 Å². The number of hydrogen-bond donors (Lipinski definition) is 1. The number of aliphatic hydroxyl groups is 1. The molecule has 1 saturated heterocycles. The van der Waals surface area contributed by atoms with Gasteiger partial charge in [-0.15, -0.1) is 0 Å². The fourth-order valence-electron chi connectivity index (χ4n) is 8.77. The van der Waals surface area contributed by atoms with E-state index < -0.39 is 28.5 Å². The number of rotatable bonds is 5. The topological polar surface area (TPSA) is 89.9 Å². The molecule has 0 aromatic carbocycles. The van der Waals surface area contributed by atoms with E-state index >= 15 is 0 Å².